The zero-order chi connectivity index (χ0) is 22.9. The third-order valence-electron chi connectivity index (χ3n) is 5.48. The maximum atomic E-state index is 12.8. The number of aromatic nitrogens is 2. The first-order valence-corrected chi connectivity index (χ1v) is 11.5. The summed E-state index contributed by atoms with van der Waals surface area (Å²) in [6.45, 7) is 7.57. The van der Waals surface area contributed by atoms with Gasteiger partial charge in [-0.15, -0.1) is 0 Å². The van der Waals surface area contributed by atoms with E-state index in [1.807, 2.05) is 20.8 Å². The van der Waals surface area contributed by atoms with Crippen LogP contribution in [-0.2, 0) is 6.54 Å². The molecule has 0 atom stereocenters. The van der Waals surface area contributed by atoms with Gasteiger partial charge in [0.1, 0.15) is 0 Å². The minimum atomic E-state index is -0.279. The fourth-order valence-electron chi connectivity index (χ4n) is 3.96. The lowest BCUT2D eigenvalue weighted by Crippen LogP contribution is -2.31. The van der Waals surface area contributed by atoms with Crippen molar-refractivity contribution in [1.29, 1.82) is 0 Å². The van der Waals surface area contributed by atoms with Gasteiger partial charge in [-0.05, 0) is 45.7 Å². The number of hydrogen-bond donors (Lipinski definition) is 1. The molecule has 1 N–H and O–H groups in total. The van der Waals surface area contributed by atoms with E-state index in [2.05, 4.69) is 10.3 Å². The Morgan fingerprint density at radius 2 is 1.66 bits per heavy atom. The normalized spacial score (nSPS) is 13.7. The molecule has 1 aliphatic rings. The Bertz CT molecular complexity index is 939. The summed E-state index contributed by atoms with van der Waals surface area (Å²) in [6, 6.07) is 4.93. The number of amides is 1. The number of rotatable bonds is 11. The SMILES string of the molecule is CCOc1cc(C(=O)NCCn2cnc(C3CCCC3)cc2=O)cc(OCC)c1OCC. The number of carbonyl (C=O) groups excluding carboxylic acids is 1. The Labute approximate surface area is 188 Å². The van der Waals surface area contributed by atoms with E-state index in [1.54, 1.807) is 24.5 Å². The Morgan fingerprint density at radius 3 is 2.22 bits per heavy atom. The second-order valence-electron chi connectivity index (χ2n) is 7.68. The van der Waals surface area contributed by atoms with Crippen LogP contribution in [0, 0.1) is 0 Å². The number of hydrogen-bond acceptors (Lipinski definition) is 6. The van der Waals surface area contributed by atoms with E-state index in [4.69, 9.17) is 14.2 Å². The lowest BCUT2D eigenvalue weighted by atomic mass is 10.0. The van der Waals surface area contributed by atoms with Crippen LogP contribution in [0.1, 0.15) is 68.4 Å². The molecule has 0 spiro atoms. The van der Waals surface area contributed by atoms with Gasteiger partial charge in [-0.3, -0.25) is 14.2 Å². The smallest absolute Gasteiger partial charge is 0.253 e. The van der Waals surface area contributed by atoms with Crippen LogP contribution in [0.15, 0.2) is 29.3 Å². The van der Waals surface area contributed by atoms with Crippen LogP contribution in [0.25, 0.3) is 0 Å². The van der Waals surface area contributed by atoms with Crippen LogP contribution in [-0.4, -0.2) is 41.8 Å². The summed E-state index contributed by atoms with van der Waals surface area (Å²) < 4.78 is 18.5. The van der Waals surface area contributed by atoms with Gasteiger partial charge in [-0.25, -0.2) is 4.98 Å². The molecule has 0 aliphatic heterocycles. The van der Waals surface area contributed by atoms with Crippen molar-refractivity contribution in [2.24, 2.45) is 0 Å². The Kier molecular flexibility index (Phi) is 8.53. The van der Waals surface area contributed by atoms with Gasteiger partial charge in [0.15, 0.2) is 11.5 Å². The van der Waals surface area contributed by atoms with E-state index >= 15 is 0 Å². The van der Waals surface area contributed by atoms with Crippen molar-refractivity contribution in [3.63, 3.8) is 0 Å². The summed E-state index contributed by atoms with van der Waals surface area (Å²) in [5.41, 5.74) is 1.20. The largest absolute Gasteiger partial charge is 0.490 e. The van der Waals surface area contributed by atoms with Crippen molar-refractivity contribution in [2.75, 3.05) is 26.4 Å². The van der Waals surface area contributed by atoms with Crippen molar-refractivity contribution < 1.29 is 19.0 Å². The summed E-state index contributed by atoms with van der Waals surface area (Å²) >= 11 is 0. The zero-order valence-electron chi connectivity index (χ0n) is 19.2. The molecule has 1 amide bonds. The molecule has 1 fully saturated rings. The van der Waals surface area contributed by atoms with Gasteiger partial charge in [-0.2, -0.15) is 0 Å². The molecule has 0 saturated heterocycles. The topological polar surface area (TPSA) is 91.7 Å². The molecular formula is C24H33N3O5. The van der Waals surface area contributed by atoms with Crippen molar-refractivity contribution >= 4 is 5.91 Å². The Hall–Kier alpha value is -3.03. The summed E-state index contributed by atoms with van der Waals surface area (Å²) in [4.78, 5) is 29.7. The van der Waals surface area contributed by atoms with E-state index in [-0.39, 0.29) is 11.5 Å². The fraction of sp³-hybridized carbons (Fsp3) is 0.542. The van der Waals surface area contributed by atoms with E-state index in [1.165, 1.54) is 17.4 Å². The first-order valence-electron chi connectivity index (χ1n) is 11.5. The maximum Gasteiger partial charge on any atom is 0.253 e. The van der Waals surface area contributed by atoms with Gasteiger partial charge in [0.2, 0.25) is 5.75 Å². The van der Waals surface area contributed by atoms with Crippen molar-refractivity contribution in [2.45, 2.75) is 58.9 Å². The van der Waals surface area contributed by atoms with Crippen LogP contribution < -0.4 is 25.1 Å². The van der Waals surface area contributed by atoms with Gasteiger partial charge in [0, 0.05) is 30.6 Å². The van der Waals surface area contributed by atoms with Crippen LogP contribution in [0.2, 0.25) is 0 Å². The summed E-state index contributed by atoms with van der Waals surface area (Å²) in [7, 11) is 0. The molecule has 1 heterocycles. The monoisotopic (exact) mass is 443 g/mol. The summed E-state index contributed by atoms with van der Waals surface area (Å²) in [5, 5.41) is 2.86. The molecule has 174 valence electrons. The van der Waals surface area contributed by atoms with Crippen LogP contribution in [0.4, 0.5) is 0 Å². The summed E-state index contributed by atoms with van der Waals surface area (Å²) in [5.74, 6) is 1.55. The van der Waals surface area contributed by atoms with Crippen molar-refractivity contribution in [1.82, 2.24) is 14.9 Å². The highest BCUT2D eigenvalue weighted by molar-refractivity contribution is 5.95. The maximum absolute atomic E-state index is 12.8. The Balaban J connectivity index is 1.67. The molecule has 8 nitrogen and oxygen atoms in total. The number of carbonyl (C=O) groups is 1. The second kappa shape index (κ2) is 11.5. The average molecular weight is 444 g/mol. The van der Waals surface area contributed by atoms with E-state index < -0.39 is 0 Å². The third-order valence-corrected chi connectivity index (χ3v) is 5.48. The predicted octanol–water partition coefficient (Wildman–Crippen LogP) is 3.53. The highest BCUT2D eigenvalue weighted by atomic mass is 16.5. The first-order chi connectivity index (χ1) is 15.6. The standard InChI is InChI=1S/C24H33N3O5/c1-4-30-20-13-18(14-21(31-5-2)23(20)32-6-3)24(29)25-11-12-27-16-26-19(15-22(27)28)17-9-7-8-10-17/h13-17H,4-12H2,1-3H3,(H,25,29). The second-order valence-corrected chi connectivity index (χ2v) is 7.68. The number of nitrogens with one attached hydrogen (secondary N) is 1. The number of ether oxygens (including phenoxy) is 3. The summed E-state index contributed by atoms with van der Waals surface area (Å²) in [6.07, 6.45) is 6.18. The lowest BCUT2D eigenvalue weighted by Gasteiger charge is -2.17. The highest BCUT2D eigenvalue weighted by Crippen LogP contribution is 2.39. The molecule has 0 radical (unpaired) electrons. The minimum Gasteiger partial charge on any atom is -0.490 e. The Morgan fingerprint density at radius 1 is 1.03 bits per heavy atom. The zero-order valence-corrected chi connectivity index (χ0v) is 19.2. The highest BCUT2D eigenvalue weighted by Gasteiger charge is 2.20. The van der Waals surface area contributed by atoms with E-state index in [0.29, 0.717) is 61.6 Å². The molecule has 8 heteroatoms. The van der Waals surface area contributed by atoms with Crippen LogP contribution in [0.5, 0.6) is 17.2 Å². The molecule has 2 aromatic rings. The molecule has 32 heavy (non-hydrogen) atoms. The molecule has 3 rings (SSSR count). The molecule has 1 aromatic heterocycles. The van der Waals surface area contributed by atoms with Crippen molar-refractivity contribution in [3.05, 3.63) is 46.1 Å². The molecule has 0 unspecified atom stereocenters. The van der Waals surface area contributed by atoms with E-state index in [9.17, 15) is 9.59 Å². The van der Waals surface area contributed by atoms with Gasteiger partial charge in [-0.1, -0.05) is 12.8 Å². The van der Waals surface area contributed by atoms with Gasteiger partial charge >= 0.3 is 0 Å². The molecule has 1 aliphatic carbocycles. The predicted molar refractivity (Wildman–Crippen MR) is 122 cm³/mol. The van der Waals surface area contributed by atoms with E-state index in [0.717, 1.165) is 18.5 Å². The molecular weight excluding hydrogens is 410 g/mol. The fourth-order valence-corrected chi connectivity index (χ4v) is 3.96. The van der Waals surface area contributed by atoms with Gasteiger partial charge in [0.05, 0.1) is 31.8 Å². The van der Waals surface area contributed by atoms with Crippen LogP contribution >= 0.6 is 0 Å². The third kappa shape index (κ3) is 5.81. The number of nitrogens with zero attached hydrogens (tertiary/aromatic N) is 2. The lowest BCUT2D eigenvalue weighted by molar-refractivity contribution is 0.0951. The first kappa shape index (κ1) is 23.6. The average Bonchev–Trinajstić information content (AvgIpc) is 3.32. The van der Waals surface area contributed by atoms with Gasteiger partial charge < -0.3 is 19.5 Å². The van der Waals surface area contributed by atoms with Crippen molar-refractivity contribution in [3.8, 4) is 17.2 Å². The van der Waals surface area contributed by atoms with Gasteiger partial charge in [0.25, 0.3) is 11.5 Å². The number of benzene rings is 1. The minimum absolute atomic E-state index is 0.0884. The van der Waals surface area contributed by atoms with Crippen LogP contribution in [0.3, 0.4) is 0 Å². The molecule has 1 aromatic carbocycles. The molecule has 1 saturated carbocycles. The molecule has 0 bridgehead atoms. The quantitative estimate of drug-likeness (QED) is 0.571.